The van der Waals surface area contributed by atoms with Gasteiger partial charge in [0.25, 0.3) is 0 Å². The van der Waals surface area contributed by atoms with Gasteiger partial charge in [-0.2, -0.15) is 8.78 Å². The fraction of sp³-hybridized carbons (Fsp3) is 0.650. The predicted octanol–water partition coefficient (Wildman–Crippen LogP) is 3.18. The van der Waals surface area contributed by atoms with Gasteiger partial charge < -0.3 is 24.8 Å². The molecule has 1 aromatic rings. The summed E-state index contributed by atoms with van der Waals surface area (Å²) in [6.45, 7) is 3.95. The minimum atomic E-state index is -2.85. The van der Waals surface area contributed by atoms with Crippen LogP contribution in [0.4, 0.5) is 8.78 Å². The van der Waals surface area contributed by atoms with Gasteiger partial charge in [0, 0.05) is 45.1 Å². The first-order valence-corrected chi connectivity index (χ1v) is 9.89. The summed E-state index contributed by atoms with van der Waals surface area (Å²) in [6, 6.07) is 6.69. The van der Waals surface area contributed by atoms with Crippen LogP contribution in [-0.2, 0) is 16.0 Å². The zero-order chi connectivity index (χ0) is 20.0. The summed E-state index contributed by atoms with van der Waals surface area (Å²) in [7, 11) is 0. The van der Waals surface area contributed by atoms with Crippen LogP contribution in [0, 0.1) is 5.92 Å². The molecule has 1 aliphatic rings. The Bertz CT molecular complexity index is 582. The van der Waals surface area contributed by atoms with Gasteiger partial charge in [-0.3, -0.25) is 0 Å². The van der Waals surface area contributed by atoms with Gasteiger partial charge in [-0.15, -0.1) is 0 Å². The number of benzene rings is 1. The molecule has 1 fully saturated rings. The molecule has 0 bridgehead atoms. The largest absolute Gasteiger partial charge is 0.434 e. The molecule has 0 spiro atoms. The molecule has 1 heterocycles. The Labute approximate surface area is 165 Å². The van der Waals surface area contributed by atoms with Crippen molar-refractivity contribution >= 4 is 5.96 Å². The van der Waals surface area contributed by atoms with E-state index in [1.807, 2.05) is 6.92 Å². The van der Waals surface area contributed by atoms with Crippen LogP contribution in [0.1, 0.15) is 31.7 Å². The predicted molar refractivity (Wildman–Crippen MR) is 105 cm³/mol. The third-order valence-corrected chi connectivity index (χ3v) is 4.39. The Kier molecular flexibility index (Phi) is 10.6. The van der Waals surface area contributed by atoms with E-state index in [1.165, 1.54) is 6.07 Å². The van der Waals surface area contributed by atoms with Crippen molar-refractivity contribution in [2.45, 2.75) is 39.3 Å². The minimum Gasteiger partial charge on any atom is -0.434 e. The molecule has 0 unspecified atom stereocenters. The van der Waals surface area contributed by atoms with Crippen molar-refractivity contribution in [1.82, 2.24) is 10.6 Å². The van der Waals surface area contributed by atoms with Crippen LogP contribution in [0.3, 0.4) is 0 Å². The zero-order valence-corrected chi connectivity index (χ0v) is 16.5. The van der Waals surface area contributed by atoms with Crippen molar-refractivity contribution < 1.29 is 23.0 Å². The zero-order valence-electron chi connectivity index (χ0n) is 16.5. The Balaban J connectivity index is 1.71. The highest BCUT2D eigenvalue weighted by Gasteiger charge is 2.13. The molecule has 6 nitrogen and oxygen atoms in total. The van der Waals surface area contributed by atoms with Crippen LogP contribution in [0.25, 0.3) is 0 Å². The Morgan fingerprint density at radius 1 is 1.25 bits per heavy atom. The topological polar surface area (TPSA) is 64.1 Å². The standard InChI is InChI=1S/C20H31F2N3O3/c1-2-23-20(24-10-5-11-27-15-16-8-12-26-13-9-16)25-14-17-6-3-4-7-18(17)28-19(21)22/h3-4,6-7,16,19H,2,5,8-15H2,1H3,(H2,23,24,25). The molecule has 1 aromatic carbocycles. The first-order valence-electron chi connectivity index (χ1n) is 9.89. The number of nitrogens with one attached hydrogen (secondary N) is 2. The number of para-hydroxylation sites is 1. The first-order chi connectivity index (χ1) is 13.7. The van der Waals surface area contributed by atoms with E-state index in [1.54, 1.807) is 18.2 Å². The van der Waals surface area contributed by atoms with Crippen molar-refractivity contribution in [2.75, 3.05) is 39.5 Å². The average Bonchev–Trinajstić information content (AvgIpc) is 2.70. The minimum absolute atomic E-state index is 0.151. The van der Waals surface area contributed by atoms with Crippen molar-refractivity contribution in [1.29, 1.82) is 0 Å². The summed E-state index contributed by atoms with van der Waals surface area (Å²) in [5.41, 5.74) is 0.611. The van der Waals surface area contributed by atoms with Gasteiger partial charge in [-0.25, -0.2) is 4.99 Å². The fourth-order valence-corrected chi connectivity index (χ4v) is 2.90. The van der Waals surface area contributed by atoms with Gasteiger partial charge in [0.15, 0.2) is 5.96 Å². The molecule has 0 saturated carbocycles. The highest BCUT2D eigenvalue weighted by atomic mass is 19.3. The molecule has 0 aromatic heterocycles. The quantitative estimate of drug-likeness (QED) is 0.340. The van der Waals surface area contributed by atoms with Crippen molar-refractivity contribution in [3.63, 3.8) is 0 Å². The van der Waals surface area contributed by atoms with Gasteiger partial charge in [0.05, 0.1) is 6.54 Å². The molecule has 0 atom stereocenters. The van der Waals surface area contributed by atoms with Gasteiger partial charge in [-0.1, -0.05) is 18.2 Å². The molecule has 8 heteroatoms. The van der Waals surface area contributed by atoms with E-state index in [0.717, 1.165) is 45.6 Å². The molecule has 158 valence electrons. The summed E-state index contributed by atoms with van der Waals surface area (Å²) < 4.78 is 40.7. The second-order valence-corrected chi connectivity index (χ2v) is 6.59. The molecular weight excluding hydrogens is 368 g/mol. The summed E-state index contributed by atoms with van der Waals surface area (Å²) in [5, 5.41) is 6.39. The highest BCUT2D eigenvalue weighted by molar-refractivity contribution is 5.79. The number of aliphatic imine (C=N–C) groups is 1. The average molecular weight is 399 g/mol. The fourth-order valence-electron chi connectivity index (χ4n) is 2.90. The van der Waals surface area contributed by atoms with Crippen LogP contribution in [0.2, 0.25) is 0 Å². The van der Waals surface area contributed by atoms with Crippen molar-refractivity contribution in [3.8, 4) is 5.75 Å². The molecule has 28 heavy (non-hydrogen) atoms. The number of guanidine groups is 1. The summed E-state index contributed by atoms with van der Waals surface area (Å²) in [6.07, 6.45) is 3.01. The molecule has 1 saturated heterocycles. The van der Waals surface area contributed by atoms with Crippen molar-refractivity contribution in [3.05, 3.63) is 29.8 Å². The lowest BCUT2D eigenvalue weighted by Crippen LogP contribution is -2.38. The number of alkyl halides is 2. The molecule has 0 aliphatic carbocycles. The van der Waals surface area contributed by atoms with Crippen LogP contribution < -0.4 is 15.4 Å². The highest BCUT2D eigenvalue weighted by Crippen LogP contribution is 2.21. The normalized spacial score (nSPS) is 15.6. The lowest BCUT2D eigenvalue weighted by atomic mass is 10.0. The lowest BCUT2D eigenvalue weighted by molar-refractivity contribution is -0.0504. The number of hydrogen-bond acceptors (Lipinski definition) is 4. The Morgan fingerprint density at radius 3 is 2.79 bits per heavy atom. The Hall–Kier alpha value is -1.93. The Morgan fingerprint density at radius 2 is 2.04 bits per heavy atom. The van der Waals surface area contributed by atoms with Gasteiger partial charge in [0.1, 0.15) is 5.75 Å². The maximum absolute atomic E-state index is 12.5. The van der Waals surface area contributed by atoms with Crippen LogP contribution in [0.15, 0.2) is 29.3 Å². The van der Waals surface area contributed by atoms with E-state index in [2.05, 4.69) is 20.4 Å². The van der Waals surface area contributed by atoms with E-state index in [4.69, 9.17) is 9.47 Å². The second-order valence-electron chi connectivity index (χ2n) is 6.59. The number of nitrogens with zero attached hydrogens (tertiary/aromatic N) is 1. The van der Waals surface area contributed by atoms with E-state index >= 15 is 0 Å². The first kappa shape index (κ1) is 22.4. The number of hydrogen-bond donors (Lipinski definition) is 2. The molecule has 2 N–H and O–H groups in total. The van der Waals surface area contributed by atoms with E-state index in [0.29, 0.717) is 30.6 Å². The van der Waals surface area contributed by atoms with Crippen LogP contribution in [-0.4, -0.2) is 52.1 Å². The van der Waals surface area contributed by atoms with Gasteiger partial charge in [0.2, 0.25) is 0 Å². The maximum Gasteiger partial charge on any atom is 0.387 e. The molecular formula is C20H31F2N3O3. The van der Waals surface area contributed by atoms with Gasteiger partial charge in [-0.05, 0) is 38.2 Å². The monoisotopic (exact) mass is 399 g/mol. The molecule has 1 aliphatic heterocycles. The van der Waals surface area contributed by atoms with Crippen LogP contribution in [0.5, 0.6) is 5.75 Å². The van der Waals surface area contributed by atoms with E-state index < -0.39 is 6.61 Å². The van der Waals surface area contributed by atoms with Gasteiger partial charge >= 0.3 is 6.61 Å². The third kappa shape index (κ3) is 8.84. The molecule has 0 radical (unpaired) electrons. The molecule has 2 rings (SSSR count). The lowest BCUT2D eigenvalue weighted by Gasteiger charge is -2.21. The number of rotatable bonds is 11. The SMILES string of the molecule is CCNC(=NCc1ccccc1OC(F)F)NCCCOCC1CCOCC1. The number of halogens is 2. The second kappa shape index (κ2) is 13.3. The third-order valence-electron chi connectivity index (χ3n) is 4.39. The van der Waals surface area contributed by atoms with Crippen molar-refractivity contribution in [2.24, 2.45) is 10.9 Å². The summed E-state index contributed by atoms with van der Waals surface area (Å²) in [5.74, 6) is 1.40. The smallest absolute Gasteiger partial charge is 0.387 e. The summed E-state index contributed by atoms with van der Waals surface area (Å²) in [4.78, 5) is 4.46. The summed E-state index contributed by atoms with van der Waals surface area (Å²) >= 11 is 0. The van der Waals surface area contributed by atoms with E-state index in [9.17, 15) is 8.78 Å². The van der Waals surface area contributed by atoms with E-state index in [-0.39, 0.29) is 12.3 Å². The number of ether oxygens (including phenoxy) is 3. The van der Waals surface area contributed by atoms with Crippen LogP contribution >= 0.6 is 0 Å². The maximum atomic E-state index is 12.5. The molecule has 0 amide bonds.